The first-order valence-electron chi connectivity index (χ1n) is 9.29. The third-order valence-electron chi connectivity index (χ3n) is 4.58. The van der Waals surface area contributed by atoms with Crippen LogP contribution in [-0.4, -0.2) is 33.8 Å². The number of benzene rings is 2. The summed E-state index contributed by atoms with van der Waals surface area (Å²) in [5, 5.41) is 7.02. The van der Waals surface area contributed by atoms with E-state index in [0.717, 1.165) is 10.9 Å². The van der Waals surface area contributed by atoms with Gasteiger partial charge in [-0.1, -0.05) is 23.4 Å². The van der Waals surface area contributed by atoms with Crippen LogP contribution in [-0.2, 0) is 13.2 Å². The van der Waals surface area contributed by atoms with E-state index in [0.29, 0.717) is 16.9 Å². The van der Waals surface area contributed by atoms with Crippen LogP contribution in [0.2, 0.25) is 0 Å². The molecular weight excluding hydrogens is 413 g/mol. The molecule has 160 valence electrons. The monoisotopic (exact) mass is 430 g/mol. The Bertz CT molecular complexity index is 1210. The van der Waals surface area contributed by atoms with Gasteiger partial charge in [-0.2, -0.15) is 18.2 Å². The molecule has 0 aliphatic heterocycles. The second kappa shape index (κ2) is 8.13. The Morgan fingerprint density at radius 3 is 2.61 bits per heavy atom. The number of carbonyl (C=O) groups excluding carboxylic acids is 1. The zero-order valence-corrected chi connectivity index (χ0v) is 16.3. The van der Waals surface area contributed by atoms with Crippen molar-refractivity contribution in [2.24, 2.45) is 7.05 Å². The highest BCUT2D eigenvalue weighted by atomic mass is 19.4. The predicted molar refractivity (Wildman–Crippen MR) is 105 cm³/mol. The molecule has 0 aliphatic carbocycles. The second-order valence-electron chi connectivity index (χ2n) is 6.72. The minimum absolute atomic E-state index is 0.166. The van der Waals surface area contributed by atoms with Gasteiger partial charge in [0, 0.05) is 29.7 Å². The lowest BCUT2D eigenvalue weighted by molar-refractivity contribution is -0.159. The smallest absolute Gasteiger partial charge is 0.471 e. The summed E-state index contributed by atoms with van der Waals surface area (Å²) < 4.78 is 49.3. The average Bonchev–Trinajstić information content (AvgIpc) is 3.37. The highest BCUT2D eigenvalue weighted by Gasteiger charge is 2.38. The van der Waals surface area contributed by atoms with Crippen LogP contribution in [0.1, 0.15) is 16.2 Å². The number of fused-ring (bicyclic) bond motifs is 1. The number of ether oxygens (including phenoxy) is 1. The number of hydrogen-bond acceptors (Lipinski definition) is 5. The number of rotatable bonds is 6. The fourth-order valence-corrected chi connectivity index (χ4v) is 3.11. The van der Waals surface area contributed by atoms with Crippen LogP contribution < -0.4 is 10.1 Å². The molecule has 7 nitrogen and oxygen atoms in total. The molecule has 0 spiro atoms. The van der Waals surface area contributed by atoms with Crippen molar-refractivity contribution in [2.45, 2.75) is 6.18 Å². The van der Waals surface area contributed by atoms with Crippen LogP contribution in [0.4, 0.5) is 13.2 Å². The molecule has 0 aliphatic rings. The molecule has 2 heterocycles. The number of nitrogens with one attached hydrogen (secondary N) is 1. The molecule has 1 amide bonds. The number of aryl methyl sites for hydroxylation is 1. The Kier molecular flexibility index (Phi) is 5.37. The molecule has 0 radical (unpaired) electrons. The Balaban J connectivity index is 1.31. The van der Waals surface area contributed by atoms with Crippen LogP contribution in [0, 0.1) is 0 Å². The lowest BCUT2D eigenvalue weighted by Crippen LogP contribution is -2.27. The number of amides is 1. The molecule has 4 aromatic rings. The lowest BCUT2D eigenvalue weighted by atomic mass is 10.1. The number of aromatic nitrogens is 3. The topological polar surface area (TPSA) is 82.2 Å². The molecule has 0 saturated heterocycles. The van der Waals surface area contributed by atoms with Crippen molar-refractivity contribution in [3.63, 3.8) is 0 Å². The molecule has 0 fully saturated rings. The van der Waals surface area contributed by atoms with Crippen molar-refractivity contribution in [2.75, 3.05) is 13.2 Å². The van der Waals surface area contributed by atoms with Crippen LogP contribution in [0.3, 0.4) is 0 Å². The minimum Gasteiger partial charge on any atom is -0.492 e. The fourth-order valence-electron chi connectivity index (χ4n) is 3.11. The van der Waals surface area contributed by atoms with Gasteiger partial charge in [0.05, 0.1) is 12.1 Å². The summed E-state index contributed by atoms with van der Waals surface area (Å²) in [6, 6.07) is 13.8. The van der Waals surface area contributed by atoms with Crippen molar-refractivity contribution in [3.8, 4) is 17.1 Å². The SMILES string of the molecule is Cn1cc(C(=O)NCCOc2ccc(-c3noc(C(F)(F)F)n3)cc2)c2ccccc21. The number of nitrogens with zero attached hydrogens (tertiary/aromatic N) is 3. The molecule has 0 unspecified atom stereocenters. The second-order valence-corrected chi connectivity index (χ2v) is 6.72. The summed E-state index contributed by atoms with van der Waals surface area (Å²) in [4.78, 5) is 15.8. The van der Waals surface area contributed by atoms with Crippen molar-refractivity contribution in [3.05, 3.63) is 66.2 Å². The molecule has 2 aromatic carbocycles. The normalized spacial score (nSPS) is 11.6. The molecular formula is C21H17F3N4O3. The molecule has 0 bridgehead atoms. The van der Waals surface area contributed by atoms with E-state index in [4.69, 9.17) is 4.74 Å². The summed E-state index contributed by atoms with van der Waals surface area (Å²) in [5.41, 5.74) is 1.91. The van der Waals surface area contributed by atoms with Crippen molar-refractivity contribution < 1.29 is 27.2 Å². The molecule has 2 aromatic heterocycles. The highest BCUT2D eigenvalue weighted by Crippen LogP contribution is 2.29. The first kappa shape index (κ1) is 20.5. The fraction of sp³-hybridized carbons (Fsp3) is 0.190. The third kappa shape index (κ3) is 4.37. The molecule has 4 rings (SSSR count). The standard InChI is InChI=1S/C21H17F3N4O3/c1-28-12-16(15-4-2-3-5-17(15)28)19(29)25-10-11-30-14-8-6-13(7-9-14)18-26-20(31-27-18)21(22,23)24/h2-9,12H,10-11H2,1H3,(H,25,29). The van der Waals surface area contributed by atoms with Crippen LogP contribution in [0.25, 0.3) is 22.3 Å². The predicted octanol–water partition coefficient (Wildman–Crippen LogP) is 4.06. The zero-order chi connectivity index (χ0) is 22.0. The number of hydrogen-bond donors (Lipinski definition) is 1. The summed E-state index contributed by atoms with van der Waals surface area (Å²) in [6.45, 7) is 0.500. The van der Waals surface area contributed by atoms with Gasteiger partial charge in [-0.15, -0.1) is 0 Å². The largest absolute Gasteiger partial charge is 0.492 e. The summed E-state index contributed by atoms with van der Waals surface area (Å²) in [7, 11) is 1.88. The van der Waals surface area contributed by atoms with Gasteiger partial charge in [-0.25, -0.2) is 0 Å². The van der Waals surface area contributed by atoms with Gasteiger partial charge in [-0.05, 0) is 30.3 Å². The van der Waals surface area contributed by atoms with Gasteiger partial charge in [0.2, 0.25) is 5.82 Å². The molecule has 0 atom stereocenters. The Morgan fingerprint density at radius 1 is 1.16 bits per heavy atom. The van der Waals surface area contributed by atoms with Gasteiger partial charge in [0.15, 0.2) is 0 Å². The lowest BCUT2D eigenvalue weighted by Gasteiger charge is -2.08. The Labute approximate surface area is 174 Å². The first-order chi connectivity index (χ1) is 14.8. The first-order valence-corrected chi connectivity index (χ1v) is 9.29. The summed E-state index contributed by atoms with van der Waals surface area (Å²) >= 11 is 0. The van der Waals surface area contributed by atoms with Gasteiger partial charge < -0.3 is 19.1 Å². The maximum Gasteiger partial charge on any atom is 0.471 e. The molecule has 1 N–H and O–H groups in total. The van der Waals surface area contributed by atoms with E-state index in [1.54, 1.807) is 18.3 Å². The molecule has 0 saturated carbocycles. The van der Waals surface area contributed by atoms with E-state index in [1.807, 2.05) is 35.9 Å². The van der Waals surface area contributed by atoms with E-state index in [9.17, 15) is 18.0 Å². The maximum atomic E-state index is 12.5. The Hall–Kier alpha value is -3.82. The average molecular weight is 430 g/mol. The summed E-state index contributed by atoms with van der Waals surface area (Å²) in [5.74, 6) is -1.28. The van der Waals surface area contributed by atoms with Gasteiger partial charge in [-0.3, -0.25) is 4.79 Å². The van der Waals surface area contributed by atoms with Gasteiger partial charge >= 0.3 is 12.1 Å². The number of para-hydroxylation sites is 1. The van der Waals surface area contributed by atoms with E-state index < -0.39 is 12.1 Å². The van der Waals surface area contributed by atoms with E-state index in [-0.39, 0.29) is 24.9 Å². The number of carbonyl (C=O) groups is 1. The number of alkyl halides is 3. The van der Waals surface area contributed by atoms with Crippen LogP contribution in [0.15, 0.2) is 59.3 Å². The van der Waals surface area contributed by atoms with Crippen LogP contribution in [0.5, 0.6) is 5.75 Å². The van der Waals surface area contributed by atoms with Crippen molar-refractivity contribution >= 4 is 16.8 Å². The van der Waals surface area contributed by atoms with Crippen molar-refractivity contribution in [1.29, 1.82) is 0 Å². The zero-order valence-electron chi connectivity index (χ0n) is 16.3. The number of halogens is 3. The van der Waals surface area contributed by atoms with E-state index >= 15 is 0 Å². The van der Waals surface area contributed by atoms with Crippen molar-refractivity contribution in [1.82, 2.24) is 20.0 Å². The molecule has 10 heteroatoms. The third-order valence-corrected chi connectivity index (χ3v) is 4.58. The van der Waals surface area contributed by atoms with Gasteiger partial charge in [0.25, 0.3) is 5.91 Å². The highest BCUT2D eigenvalue weighted by molar-refractivity contribution is 6.06. The molecule has 31 heavy (non-hydrogen) atoms. The van der Waals surface area contributed by atoms with Crippen LogP contribution >= 0.6 is 0 Å². The van der Waals surface area contributed by atoms with E-state index in [2.05, 4.69) is 20.0 Å². The quantitative estimate of drug-likeness (QED) is 0.467. The minimum atomic E-state index is -4.69. The summed E-state index contributed by atoms with van der Waals surface area (Å²) in [6.07, 6.45) is -2.91. The Morgan fingerprint density at radius 2 is 1.90 bits per heavy atom. The maximum absolute atomic E-state index is 12.5. The van der Waals surface area contributed by atoms with Gasteiger partial charge in [0.1, 0.15) is 12.4 Å². The van der Waals surface area contributed by atoms with E-state index in [1.165, 1.54) is 12.1 Å².